The number of benzene rings is 1. The minimum Gasteiger partial charge on any atom is -0.484 e. The number of aromatic nitrogens is 3. The SMILES string of the molecule is Cc1cccc(OCC(=O)N2C[C@@H](NC(=O)C3CCCC3)[C@H](c3n[nH]c(C)n3)C2)c1. The zero-order chi connectivity index (χ0) is 21.1. The predicted molar refractivity (Wildman–Crippen MR) is 111 cm³/mol. The molecule has 8 nitrogen and oxygen atoms in total. The number of nitrogens with zero attached hydrogens (tertiary/aromatic N) is 3. The first-order valence-corrected chi connectivity index (χ1v) is 10.7. The van der Waals surface area contributed by atoms with Crippen molar-refractivity contribution in [3.8, 4) is 5.75 Å². The maximum Gasteiger partial charge on any atom is 0.260 e. The van der Waals surface area contributed by atoms with Gasteiger partial charge in [0.2, 0.25) is 5.91 Å². The van der Waals surface area contributed by atoms with Crippen LogP contribution in [0.4, 0.5) is 0 Å². The number of carbonyl (C=O) groups is 2. The van der Waals surface area contributed by atoms with Crippen LogP contribution >= 0.6 is 0 Å². The van der Waals surface area contributed by atoms with Crippen molar-refractivity contribution in [1.82, 2.24) is 25.4 Å². The molecule has 2 N–H and O–H groups in total. The van der Waals surface area contributed by atoms with E-state index in [-0.39, 0.29) is 36.3 Å². The molecule has 1 saturated heterocycles. The first kappa shape index (κ1) is 20.4. The maximum absolute atomic E-state index is 12.8. The van der Waals surface area contributed by atoms with Gasteiger partial charge in [-0.1, -0.05) is 25.0 Å². The number of H-pyrrole nitrogens is 1. The minimum absolute atomic E-state index is 0.0352. The van der Waals surface area contributed by atoms with Crippen LogP contribution in [0.5, 0.6) is 5.75 Å². The summed E-state index contributed by atoms with van der Waals surface area (Å²) in [6, 6.07) is 7.43. The third-order valence-corrected chi connectivity index (χ3v) is 6.02. The van der Waals surface area contributed by atoms with Crippen LogP contribution in [0.1, 0.15) is 48.8 Å². The Kier molecular flexibility index (Phi) is 6.01. The zero-order valence-corrected chi connectivity index (χ0v) is 17.6. The molecule has 1 aromatic carbocycles. The van der Waals surface area contributed by atoms with E-state index >= 15 is 0 Å². The summed E-state index contributed by atoms with van der Waals surface area (Å²) in [4.78, 5) is 31.7. The fraction of sp³-hybridized carbons (Fsp3) is 0.545. The number of rotatable bonds is 6. The molecule has 2 amide bonds. The van der Waals surface area contributed by atoms with Gasteiger partial charge in [0.25, 0.3) is 5.91 Å². The Bertz CT molecular complexity index is 906. The molecule has 2 heterocycles. The van der Waals surface area contributed by atoms with E-state index in [1.165, 1.54) is 0 Å². The number of amides is 2. The summed E-state index contributed by atoms with van der Waals surface area (Å²) in [6.45, 7) is 4.69. The molecule has 0 radical (unpaired) electrons. The molecule has 0 spiro atoms. The molecule has 0 bridgehead atoms. The first-order valence-electron chi connectivity index (χ1n) is 10.7. The third-order valence-electron chi connectivity index (χ3n) is 6.02. The van der Waals surface area contributed by atoms with Crippen LogP contribution in [-0.2, 0) is 9.59 Å². The van der Waals surface area contributed by atoms with E-state index in [2.05, 4.69) is 20.5 Å². The molecule has 160 valence electrons. The summed E-state index contributed by atoms with van der Waals surface area (Å²) < 4.78 is 5.69. The Morgan fingerprint density at radius 3 is 2.73 bits per heavy atom. The van der Waals surface area contributed by atoms with Crippen molar-refractivity contribution in [1.29, 1.82) is 0 Å². The molecule has 1 aromatic heterocycles. The van der Waals surface area contributed by atoms with Gasteiger partial charge >= 0.3 is 0 Å². The Balaban J connectivity index is 1.42. The van der Waals surface area contributed by atoms with E-state index in [4.69, 9.17) is 4.74 Å². The predicted octanol–water partition coefficient (Wildman–Crippen LogP) is 2.10. The van der Waals surface area contributed by atoms with Gasteiger partial charge in [-0.05, 0) is 44.4 Å². The standard InChI is InChI=1S/C22H29N5O3/c1-14-6-5-9-17(10-14)30-13-20(28)27-11-18(21-23-15(2)25-26-21)19(12-27)24-22(29)16-7-3-4-8-16/h5-6,9-10,16,18-19H,3-4,7-8,11-13H2,1-2H3,(H,24,29)(H,23,25,26)/t18-,19-/m1/s1. The van der Waals surface area contributed by atoms with Gasteiger partial charge in [-0.15, -0.1) is 0 Å². The molecular formula is C22H29N5O3. The van der Waals surface area contributed by atoms with Gasteiger partial charge in [-0.25, -0.2) is 4.98 Å². The van der Waals surface area contributed by atoms with E-state index in [1.807, 2.05) is 38.1 Å². The molecule has 30 heavy (non-hydrogen) atoms. The lowest BCUT2D eigenvalue weighted by molar-refractivity contribution is -0.132. The molecule has 2 aliphatic rings. The average Bonchev–Trinajstić information content (AvgIpc) is 3.47. The van der Waals surface area contributed by atoms with Crippen molar-refractivity contribution in [3.05, 3.63) is 41.5 Å². The van der Waals surface area contributed by atoms with Gasteiger partial charge < -0.3 is 15.0 Å². The van der Waals surface area contributed by atoms with Crippen molar-refractivity contribution in [2.45, 2.75) is 51.5 Å². The Labute approximate surface area is 176 Å². The van der Waals surface area contributed by atoms with E-state index in [9.17, 15) is 9.59 Å². The van der Waals surface area contributed by atoms with Gasteiger partial charge in [-0.3, -0.25) is 14.7 Å². The fourth-order valence-corrected chi connectivity index (χ4v) is 4.37. The van der Waals surface area contributed by atoms with Crippen molar-refractivity contribution in [2.24, 2.45) is 5.92 Å². The molecule has 1 aliphatic heterocycles. The number of carbonyl (C=O) groups excluding carboxylic acids is 2. The molecule has 8 heteroatoms. The molecule has 2 fully saturated rings. The highest BCUT2D eigenvalue weighted by atomic mass is 16.5. The number of hydrogen-bond acceptors (Lipinski definition) is 5. The highest BCUT2D eigenvalue weighted by Gasteiger charge is 2.40. The molecule has 1 aliphatic carbocycles. The highest BCUT2D eigenvalue weighted by Crippen LogP contribution is 2.29. The number of ether oxygens (including phenoxy) is 1. The Morgan fingerprint density at radius 1 is 1.23 bits per heavy atom. The fourth-order valence-electron chi connectivity index (χ4n) is 4.37. The second-order valence-corrected chi connectivity index (χ2v) is 8.39. The van der Waals surface area contributed by atoms with Crippen molar-refractivity contribution in [3.63, 3.8) is 0 Å². The summed E-state index contributed by atoms with van der Waals surface area (Å²) in [5, 5.41) is 10.3. The zero-order valence-electron chi connectivity index (χ0n) is 17.6. The van der Waals surface area contributed by atoms with Gasteiger partial charge in [0.1, 0.15) is 11.6 Å². The summed E-state index contributed by atoms with van der Waals surface area (Å²) in [7, 11) is 0. The lowest BCUT2D eigenvalue weighted by Crippen LogP contribution is -2.43. The molecule has 0 unspecified atom stereocenters. The maximum atomic E-state index is 12.8. The van der Waals surface area contributed by atoms with Crippen molar-refractivity contribution >= 4 is 11.8 Å². The van der Waals surface area contributed by atoms with Crippen LogP contribution in [-0.4, -0.2) is 57.6 Å². The van der Waals surface area contributed by atoms with Gasteiger partial charge in [-0.2, -0.15) is 5.10 Å². The molecular weight excluding hydrogens is 382 g/mol. The summed E-state index contributed by atoms with van der Waals surface area (Å²) in [5.74, 6) is 1.95. The molecule has 2 aromatic rings. The van der Waals surface area contributed by atoms with Crippen LogP contribution < -0.4 is 10.1 Å². The van der Waals surface area contributed by atoms with Crippen LogP contribution in [0.2, 0.25) is 0 Å². The van der Waals surface area contributed by atoms with Gasteiger partial charge in [0, 0.05) is 19.0 Å². The largest absolute Gasteiger partial charge is 0.484 e. The molecule has 2 atom stereocenters. The second-order valence-electron chi connectivity index (χ2n) is 8.39. The molecule has 1 saturated carbocycles. The monoisotopic (exact) mass is 411 g/mol. The van der Waals surface area contributed by atoms with E-state index < -0.39 is 0 Å². The van der Waals surface area contributed by atoms with E-state index in [0.29, 0.717) is 24.7 Å². The lowest BCUT2D eigenvalue weighted by Gasteiger charge is -2.20. The highest BCUT2D eigenvalue weighted by molar-refractivity contribution is 5.80. The number of hydrogen-bond donors (Lipinski definition) is 2. The van der Waals surface area contributed by atoms with Crippen LogP contribution in [0.15, 0.2) is 24.3 Å². The van der Waals surface area contributed by atoms with E-state index in [1.54, 1.807) is 4.90 Å². The summed E-state index contributed by atoms with van der Waals surface area (Å²) >= 11 is 0. The first-order chi connectivity index (χ1) is 14.5. The van der Waals surface area contributed by atoms with Crippen LogP contribution in [0, 0.1) is 19.8 Å². The molecule has 4 rings (SSSR count). The lowest BCUT2D eigenvalue weighted by atomic mass is 10.0. The number of aromatic amines is 1. The minimum atomic E-state index is -0.198. The quantitative estimate of drug-likeness (QED) is 0.758. The number of aryl methyl sites for hydroxylation is 2. The summed E-state index contributed by atoms with van der Waals surface area (Å²) in [6.07, 6.45) is 4.09. The Hall–Kier alpha value is -2.90. The number of nitrogens with one attached hydrogen (secondary N) is 2. The second kappa shape index (κ2) is 8.85. The van der Waals surface area contributed by atoms with Gasteiger partial charge in [0.05, 0.1) is 12.0 Å². The van der Waals surface area contributed by atoms with Gasteiger partial charge in [0.15, 0.2) is 12.4 Å². The van der Waals surface area contributed by atoms with Crippen molar-refractivity contribution < 1.29 is 14.3 Å². The van der Waals surface area contributed by atoms with E-state index in [0.717, 1.165) is 37.1 Å². The third kappa shape index (κ3) is 4.63. The normalized spacial score (nSPS) is 21.7. The number of likely N-dealkylation sites (tertiary alicyclic amines) is 1. The summed E-state index contributed by atoms with van der Waals surface area (Å²) in [5.41, 5.74) is 1.08. The Morgan fingerprint density at radius 2 is 2.03 bits per heavy atom. The van der Waals surface area contributed by atoms with Crippen molar-refractivity contribution in [2.75, 3.05) is 19.7 Å². The van der Waals surface area contributed by atoms with Crippen LogP contribution in [0.25, 0.3) is 0 Å². The van der Waals surface area contributed by atoms with Crippen LogP contribution in [0.3, 0.4) is 0 Å². The average molecular weight is 412 g/mol. The smallest absolute Gasteiger partial charge is 0.260 e. The topological polar surface area (TPSA) is 100 Å².